The summed E-state index contributed by atoms with van der Waals surface area (Å²) >= 11 is 0. The van der Waals surface area contributed by atoms with Gasteiger partial charge in [0, 0.05) is 7.05 Å². The Morgan fingerprint density at radius 3 is 2.79 bits per heavy atom. The predicted molar refractivity (Wildman–Crippen MR) is 67.0 cm³/mol. The molecule has 0 spiro atoms. The third kappa shape index (κ3) is 2.24. The number of ether oxygens (including phenoxy) is 1. The van der Waals surface area contributed by atoms with Crippen LogP contribution in [0.3, 0.4) is 0 Å². The third-order valence-electron chi connectivity index (χ3n) is 2.72. The maximum Gasteiger partial charge on any atom is 0.314 e. The Kier molecular flexibility index (Phi) is 2.83. The summed E-state index contributed by atoms with van der Waals surface area (Å²) in [5.74, 6) is 0.159. The highest BCUT2D eigenvalue weighted by atomic mass is 19.1. The largest absolute Gasteiger partial charge is 0.471 e. The molecule has 0 aliphatic rings. The van der Waals surface area contributed by atoms with E-state index in [9.17, 15) is 4.39 Å². The normalized spacial score (nSPS) is 10.8. The summed E-state index contributed by atoms with van der Waals surface area (Å²) in [7, 11) is 1.74. The molecule has 5 nitrogen and oxygen atoms in total. The Hall–Kier alpha value is -2.50. The van der Waals surface area contributed by atoms with E-state index >= 15 is 0 Å². The van der Waals surface area contributed by atoms with Crippen molar-refractivity contribution in [2.75, 3.05) is 0 Å². The standard InChI is InChI=1S/C13H11FN4O/c1-18-8-15-10-11(18)16-13(14)17-12(10)19-7-9-5-3-2-4-6-9/h2-6,8H,7H2,1H3. The van der Waals surface area contributed by atoms with Crippen LogP contribution in [0, 0.1) is 6.08 Å². The first-order valence-corrected chi connectivity index (χ1v) is 5.75. The number of aromatic nitrogens is 4. The third-order valence-corrected chi connectivity index (χ3v) is 2.72. The van der Waals surface area contributed by atoms with Crippen molar-refractivity contribution in [3.63, 3.8) is 0 Å². The Morgan fingerprint density at radius 1 is 1.21 bits per heavy atom. The fourth-order valence-electron chi connectivity index (χ4n) is 1.78. The molecule has 2 aromatic heterocycles. The maximum atomic E-state index is 13.3. The van der Waals surface area contributed by atoms with Gasteiger partial charge in [0.05, 0.1) is 6.33 Å². The van der Waals surface area contributed by atoms with E-state index in [1.165, 1.54) is 0 Å². The lowest BCUT2D eigenvalue weighted by molar-refractivity contribution is 0.291. The lowest BCUT2D eigenvalue weighted by Crippen LogP contribution is -2.02. The van der Waals surface area contributed by atoms with Crippen molar-refractivity contribution in [1.29, 1.82) is 0 Å². The van der Waals surface area contributed by atoms with Crippen LogP contribution in [0.15, 0.2) is 36.7 Å². The smallest absolute Gasteiger partial charge is 0.314 e. The van der Waals surface area contributed by atoms with Gasteiger partial charge in [0.2, 0.25) is 5.88 Å². The van der Waals surface area contributed by atoms with Crippen molar-refractivity contribution in [2.45, 2.75) is 6.61 Å². The molecule has 0 aliphatic heterocycles. The molecule has 0 atom stereocenters. The van der Waals surface area contributed by atoms with Crippen LogP contribution in [0.5, 0.6) is 5.88 Å². The van der Waals surface area contributed by atoms with Gasteiger partial charge in [-0.25, -0.2) is 4.98 Å². The molecule has 0 bridgehead atoms. The first-order chi connectivity index (χ1) is 9.24. The molecule has 0 fully saturated rings. The zero-order valence-electron chi connectivity index (χ0n) is 10.2. The number of nitrogens with zero attached hydrogens (tertiary/aromatic N) is 4. The first-order valence-electron chi connectivity index (χ1n) is 5.75. The van der Waals surface area contributed by atoms with E-state index in [0.717, 1.165) is 5.56 Å². The van der Waals surface area contributed by atoms with Gasteiger partial charge >= 0.3 is 6.08 Å². The Labute approximate surface area is 108 Å². The van der Waals surface area contributed by atoms with E-state index in [0.29, 0.717) is 17.8 Å². The molecule has 0 amide bonds. The minimum Gasteiger partial charge on any atom is -0.471 e. The van der Waals surface area contributed by atoms with Crippen LogP contribution in [0.25, 0.3) is 11.2 Å². The van der Waals surface area contributed by atoms with Crippen molar-refractivity contribution >= 4 is 11.2 Å². The minimum absolute atomic E-state index is 0.159. The minimum atomic E-state index is -0.820. The number of hydrogen-bond donors (Lipinski definition) is 0. The van der Waals surface area contributed by atoms with Crippen LogP contribution >= 0.6 is 0 Å². The highest BCUT2D eigenvalue weighted by Crippen LogP contribution is 2.20. The molecular weight excluding hydrogens is 247 g/mol. The Balaban J connectivity index is 1.92. The van der Waals surface area contributed by atoms with Gasteiger partial charge < -0.3 is 9.30 Å². The number of aryl methyl sites for hydroxylation is 1. The predicted octanol–water partition coefficient (Wildman–Crippen LogP) is 2.08. The molecule has 0 radical (unpaired) electrons. The van der Waals surface area contributed by atoms with E-state index in [1.807, 2.05) is 30.3 Å². The summed E-state index contributed by atoms with van der Waals surface area (Å²) in [4.78, 5) is 11.5. The van der Waals surface area contributed by atoms with E-state index in [-0.39, 0.29) is 5.88 Å². The van der Waals surface area contributed by atoms with Crippen LogP contribution in [-0.2, 0) is 13.7 Å². The van der Waals surface area contributed by atoms with Crippen LogP contribution in [-0.4, -0.2) is 19.5 Å². The van der Waals surface area contributed by atoms with Gasteiger partial charge in [0.25, 0.3) is 0 Å². The van der Waals surface area contributed by atoms with Crippen molar-refractivity contribution in [1.82, 2.24) is 19.5 Å². The zero-order valence-corrected chi connectivity index (χ0v) is 10.2. The second-order valence-corrected chi connectivity index (χ2v) is 4.10. The summed E-state index contributed by atoms with van der Waals surface area (Å²) in [6.07, 6.45) is 0.730. The number of fused-ring (bicyclic) bond motifs is 1. The summed E-state index contributed by atoms with van der Waals surface area (Å²) in [6.45, 7) is 0.308. The molecule has 0 unspecified atom stereocenters. The number of halogens is 1. The van der Waals surface area contributed by atoms with Crippen molar-refractivity contribution in [3.05, 3.63) is 48.3 Å². The highest BCUT2D eigenvalue weighted by molar-refractivity contribution is 5.75. The Morgan fingerprint density at radius 2 is 2.00 bits per heavy atom. The lowest BCUT2D eigenvalue weighted by atomic mass is 10.2. The summed E-state index contributed by atoms with van der Waals surface area (Å²) in [5.41, 5.74) is 1.85. The summed E-state index contributed by atoms with van der Waals surface area (Å²) < 4.78 is 20.5. The molecular formula is C13H11FN4O. The van der Waals surface area contributed by atoms with E-state index < -0.39 is 6.08 Å². The van der Waals surface area contributed by atoms with Crippen molar-refractivity contribution in [3.8, 4) is 5.88 Å². The van der Waals surface area contributed by atoms with Crippen molar-refractivity contribution in [2.24, 2.45) is 7.05 Å². The van der Waals surface area contributed by atoms with Crippen LogP contribution < -0.4 is 4.74 Å². The molecule has 96 valence electrons. The average Bonchev–Trinajstić information content (AvgIpc) is 2.79. The monoisotopic (exact) mass is 258 g/mol. The van der Waals surface area contributed by atoms with Gasteiger partial charge in [-0.3, -0.25) is 0 Å². The molecule has 0 saturated carbocycles. The van der Waals surface area contributed by atoms with E-state index in [1.54, 1.807) is 17.9 Å². The van der Waals surface area contributed by atoms with Crippen LogP contribution in [0.4, 0.5) is 4.39 Å². The molecule has 0 saturated heterocycles. The quantitative estimate of drug-likeness (QED) is 0.675. The fraction of sp³-hybridized carbons (Fsp3) is 0.154. The topological polar surface area (TPSA) is 52.8 Å². The van der Waals surface area contributed by atoms with Gasteiger partial charge in [0.1, 0.15) is 6.61 Å². The number of benzene rings is 1. The number of rotatable bonds is 3. The number of hydrogen-bond acceptors (Lipinski definition) is 4. The van der Waals surface area contributed by atoms with E-state index in [2.05, 4.69) is 15.0 Å². The van der Waals surface area contributed by atoms with Gasteiger partial charge in [-0.15, -0.1) is 0 Å². The fourth-order valence-corrected chi connectivity index (χ4v) is 1.78. The molecule has 0 N–H and O–H groups in total. The summed E-state index contributed by atoms with van der Waals surface area (Å²) in [6, 6.07) is 9.59. The van der Waals surface area contributed by atoms with Crippen LogP contribution in [0.1, 0.15) is 5.56 Å². The highest BCUT2D eigenvalue weighted by Gasteiger charge is 2.13. The maximum absolute atomic E-state index is 13.3. The second kappa shape index (κ2) is 4.64. The lowest BCUT2D eigenvalue weighted by Gasteiger charge is -2.05. The first kappa shape index (κ1) is 11.6. The van der Waals surface area contributed by atoms with Gasteiger partial charge in [-0.1, -0.05) is 30.3 Å². The van der Waals surface area contributed by atoms with Crippen molar-refractivity contribution < 1.29 is 9.13 Å². The Bertz CT molecular complexity index is 711. The average molecular weight is 258 g/mol. The molecule has 2 heterocycles. The van der Waals surface area contributed by atoms with Gasteiger partial charge in [-0.05, 0) is 5.56 Å². The molecule has 0 aliphatic carbocycles. The van der Waals surface area contributed by atoms with Gasteiger partial charge in [0.15, 0.2) is 11.2 Å². The molecule has 3 aromatic rings. The summed E-state index contributed by atoms with van der Waals surface area (Å²) in [5, 5.41) is 0. The van der Waals surface area contributed by atoms with Gasteiger partial charge in [-0.2, -0.15) is 14.4 Å². The zero-order chi connectivity index (χ0) is 13.2. The van der Waals surface area contributed by atoms with Crippen LogP contribution in [0.2, 0.25) is 0 Å². The molecule has 3 rings (SSSR count). The SMILES string of the molecule is Cn1cnc2c(OCc3ccccc3)nc(F)nc21. The second-order valence-electron chi connectivity index (χ2n) is 4.10. The molecule has 19 heavy (non-hydrogen) atoms. The number of imidazole rings is 1. The van der Waals surface area contributed by atoms with E-state index in [4.69, 9.17) is 4.74 Å². The molecule has 6 heteroatoms. The molecule has 1 aromatic carbocycles.